The molecular weight excluding hydrogens is 360 g/mol. The standard InChI is InChI=1S/C22H30O6/c1-14-11-17(28-15(2)23)18-20(3)7-4-8-21(18,13-27-19(20)24)22(14,25)9-5-16-6-10-26-12-16/h6,10,12,14,17-18,25H,4-5,7-9,11,13H2,1-3H3/t14-,17-,18?,20+,21-,22-/m1/s1. The van der Waals surface area contributed by atoms with Gasteiger partial charge in [-0.25, -0.2) is 0 Å². The van der Waals surface area contributed by atoms with Gasteiger partial charge < -0.3 is 19.0 Å². The van der Waals surface area contributed by atoms with E-state index in [2.05, 4.69) is 0 Å². The van der Waals surface area contributed by atoms with Crippen molar-refractivity contribution in [2.45, 2.75) is 71.0 Å². The summed E-state index contributed by atoms with van der Waals surface area (Å²) in [6.45, 7) is 5.56. The number of rotatable bonds is 4. The molecule has 0 amide bonds. The van der Waals surface area contributed by atoms with Crippen LogP contribution in [0.2, 0.25) is 0 Å². The number of cyclic esters (lactones) is 1. The second-order valence-corrected chi connectivity index (χ2v) is 9.32. The highest BCUT2D eigenvalue weighted by atomic mass is 16.6. The molecule has 1 aromatic rings. The first-order valence-corrected chi connectivity index (χ1v) is 10.3. The highest BCUT2D eigenvalue weighted by Gasteiger charge is 2.72. The summed E-state index contributed by atoms with van der Waals surface area (Å²) in [7, 11) is 0. The molecule has 3 aliphatic rings. The maximum absolute atomic E-state index is 12.8. The van der Waals surface area contributed by atoms with Crippen molar-refractivity contribution >= 4 is 11.9 Å². The summed E-state index contributed by atoms with van der Waals surface area (Å²) in [4.78, 5) is 24.6. The Bertz CT molecular complexity index is 757. The molecule has 2 bridgehead atoms. The lowest BCUT2D eigenvalue weighted by Gasteiger charge is -2.67. The molecule has 0 aromatic carbocycles. The van der Waals surface area contributed by atoms with Gasteiger partial charge in [-0.2, -0.15) is 0 Å². The third kappa shape index (κ3) is 2.64. The Morgan fingerprint density at radius 3 is 2.86 bits per heavy atom. The van der Waals surface area contributed by atoms with Gasteiger partial charge >= 0.3 is 11.9 Å². The van der Waals surface area contributed by atoms with E-state index in [1.165, 1.54) is 6.92 Å². The van der Waals surface area contributed by atoms with Crippen molar-refractivity contribution in [3.63, 3.8) is 0 Å². The van der Waals surface area contributed by atoms with Crippen LogP contribution in [0, 0.1) is 22.7 Å². The number of hydrogen-bond donors (Lipinski definition) is 1. The quantitative estimate of drug-likeness (QED) is 0.794. The van der Waals surface area contributed by atoms with E-state index in [1.54, 1.807) is 12.5 Å². The molecular formula is C22H30O6. The average Bonchev–Trinajstić information content (AvgIpc) is 3.14. The molecule has 1 aromatic heterocycles. The Morgan fingerprint density at radius 2 is 2.18 bits per heavy atom. The molecule has 0 radical (unpaired) electrons. The van der Waals surface area contributed by atoms with Crippen molar-refractivity contribution in [2.75, 3.05) is 6.61 Å². The fourth-order valence-corrected chi connectivity index (χ4v) is 6.58. The SMILES string of the molecule is CC(=O)O[C@@H]1C[C@@H](C)[C@](O)(CCc2ccoc2)[C@]23CCC[C@](C)(C(=O)OC2)C13. The second-order valence-electron chi connectivity index (χ2n) is 9.32. The van der Waals surface area contributed by atoms with Crippen LogP contribution in [0.15, 0.2) is 23.0 Å². The minimum absolute atomic E-state index is 0.0841. The molecule has 0 spiro atoms. The lowest BCUT2D eigenvalue weighted by molar-refractivity contribution is -0.291. The monoisotopic (exact) mass is 390 g/mol. The fourth-order valence-electron chi connectivity index (χ4n) is 6.58. The van der Waals surface area contributed by atoms with E-state index in [4.69, 9.17) is 13.9 Å². The van der Waals surface area contributed by atoms with E-state index in [-0.39, 0.29) is 36.5 Å². The molecule has 4 rings (SSSR count). The zero-order chi connectivity index (χ0) is 20.2. The number of esters is 2. The van der Waals surface area contributed by atoms with Gasteiger partial charge in [-0.1, -0.05) is 13.3 Å². The third-order valence-electron chi connectivity index (χ3n) is 7.86. The van der Waals surface area contributed by atoms with Gasteiger partial charge in [-0.05, 0) is 56.6 Å². The first-order valence-electron chi connectivity index (χ1n) is 10.3. The molecule has 2 heterocycles. The van der Waals surface area contributed by atoms with Gasteiger partial charge in [-0.3, -0.25) is 9.59 Å². The topological polar surface area (TPSA) is 86.0 Å². The normalized spacial score (nSPS) is 42.4. The number of aliphatic hydroxyl groups is 1. The number of carbonyl (C=O) groups is 2. The van der Waals surface area contributed by atoms with Gasteiger partial charge in [0.2, 0.25) is 0 Å². The van der Waals surface area contributed by atoms with Crippen LogP contribution >= 0.6 is 0 Å². The van der Waals surface area contributed by atoms with Crippen molar-refractivity contribution in [3.8, 4) is 0 Å². The van der Waals surface area contributed by atoms with Crippen LogP contribution in [-0.4, -0.2) is 35.4 Å². The molecule has 2 aliphatic carbocycles. The van der Waals surface area contributed by atoms with E-state index < -0.39 is 16.4 Å². The molecule has 1 unspecified atom stereocenters. The molecule has 2 saturated carbocycles. The van der Waals surface area contributed by atoms with Crippen molar-refractivity contribution in [2.24, 2.45) is 22.7 Å². The Balaban J connectivity index is 1.76. The number of hydrogen-bond acceptors (Lipinski definition) is 6. The highest BCUT2D eigenvalue weighted by Crippen LogP contribution is 2.66. The Morgan fingerprint density at radius 1 is 1.39 bits per heavy atom. The van der Waals surface area contributed by atoms with Crippen LogP contribution in [0.1, 0.15) is 58.4 Å². The highest BCUT2D eigenvalue weighted by molar-refractivity contribution is 5.78. The summed E-state index contributed by atoms with van der Waals surface area (Å²) >= 11 is 0. The van der Waals surface area contributed by atoms with Crippen LogP contribution < -0.4 is 0 Å². The van der Waals surface area contributed by atoms with E-state index in [1.807, 2.05) is 19.9 Å². The zero-order valence-corrected chi connectivity index (χ0v) is 16.9. The average molecular weight is 390 g/mol. The Kier molecular flexibility index (Phi) is 4.60. The fraction of sp³-hybridized carbons (Fsp3) is 0.727. The van der Waals surface area contributed by atoms with Gasteiger partial charge in [0.15, 0.2) is 0 Å². The van der Waals surface area contributed by atoms with Crippen molar-refractivity contribution < 1.29 is 28.6 Å². The van der Waals surface area contributed by atoms with E-state index in [0.29, 0.717) is 25.7 Å². The molecule has 28 heavy (non-hydrogen) atoms. The lowest BCUT2D eigenvalue weighted by atomic mass is 9.41. The number of furan rings is 1. The number of carbonyl (C=O) groups excluding carboxylic acids is 2. The third-order valence-corrected chi connectivity index (χ3v) is 7.86. The lowest BCUT2D eigenvalue weighted by Crippen LogP contribution is -2.73. The van der Waals surface area contributed by atoms with E-state index in [9.17, 15) is 14.7 Å². The second kappa shape index (κ2) is 6.61. The van der Waals surface area contributed by atoms with Crippen molar-refractivity contribution in [1.82, 2.24) is 0 Å². The summed E-state index contributed by atoms with van der Waals surface area (Å²) < 4.78 is 16.6. The van der Waals surface area contributed by atoms with Crippen LogP contribution in [0.3, 0.4) is 0 Å². The van der Waals surface area contributed by atoms with Crippen LogP contribution in [0.4, 0.5) is 0 Å². The van der Waals surface area contributed by atoms with E-state index >= 15 is 0 Å². The molecule has 6 atom stereocenters. The number of aryl methyl sites for hydroxylation is 1. The van der Waals surface area contributed by atoms with Gasteiger partial charge in [0, 0.05) is 18.3 Å². The molecule has 154 valence electrons. The molecule has 6 nitrogen and oxygen atoms in total. The Labute approximate surface area is 165 Å². The maximum atomic E-state index is 12.8. The predicted octanol–water partition coefficient (Wildman–Crippen LogP) is 3.26. The maximum Gasteiger partial charge on any atom is 0.312 e. The van der Waals surface area contributed by atoms with Crippen LogP contribution in [0.5, 0.6) is 0 Å². The first kappa shape index (κ1) is 19.5. The summed E-state index contributed by atoms with van der Waals surface area (Å²) in [6.07, 6.45) is 7.10. The van der Waals surface area contributed by atoms with Crippen LogP contribution in [0.25, 0.3) is 0 Å². The summed E-state index contributed by atoms with van der Waals surface area (Å²) in [6, 6.07) is 1.92. The van der Waals surface area contributed by atoms with Gasteiger partial charge in [0.05, 0.1) is 23.5 Å². The zero-order valence-electron chi connectivity index (χ0n) is 16.9. The molecule has 3 fully saturated rings. The number of ether oxygens (including phenoxy) is 2. The molecule has 1 N–H and O–H groups in total. The van der Waals surface area contributed by atoms with Crippen molar-refractivity contribution in [1.29, 1.82) is 0 Å². The van der Waals surface area contributed by atoms with Gasteiger partial charge in [0.25, 0.3) is 0 Å². The van der Waals surface area contributed by atoms with E-state index in [0.717, 1.165) is 18.4 Å². The van der Waals surface area contributed by atoms with Gasteiger partial charge in [-0.15, -0.1) is 0 Å². The van der Waals surface area contributed by atoms with Crippen molar-refractivity contribution in [3.05, 3.63) is 24.2 Å². The summed E-state index contributed by atoms with van der Waals surface area (Å²) in [5.74, 6) is -0.878. The first-order chi connectivity index (χ1) is 13.2. The molecule has 6 heteroatoms. The smallest absolute Gasteiger partial charge is 0.312 e. The largest absolute Gasteiger partial charge is 0.472 e. The molecule has 1 saturated heterocycles. The summed E-state index contributed by atoms with van der Waals surface area (Å²) in [5.41, 5.74) is -1.30. The summed E-state index contributed by atoms with van der Waals surface area (Å²) in [5, 5.41) is 12.1. The van der Waals surface area contributed by atoms with Crippen LogP contribution in [-0.2, 0) is 25.5 Å². The molecule has 1 aliphatic heterocycles. The van der Waals surface area contributed by atoms with Gasteiger partial charge in [0.1, 0.15) is 12.7 Å². The minimum Gasteiger partial charge on any atom is -0.472 e. The Hall–Kier alpha value is -1.82. The minimum atomic E-state index is -1.01. The predicted molar refractivity (Wildman–Crippen MR) is 100 cm³/mol.